The first-order chi connectivity index (χ1) is 8.72. The number of benzene rings is 1. The van der Waals surface area contributed by atoms with Gasteiger partial charge in [0, 0.05) is 16.6 Å². The van der Waals surface area contributed by atoms with E-state index in [1.165, 1.54) is 6.07 Å². The molecule has 1 aromatic rings. The number of nitrogens with one attached hydrogen (secondary N) is 1. The summed E-state index contributed by atoms with van der Waals surface area (Å²) >= 11 is 2.99. The Kier molecular flexibility index (Phi) is 5.37. The van der Waals surface area contributed by atoms with Crippen molar-refractivity contribution in [3.8, 4) is 0 Å². The first-order valence-corrected chi connectivity index (χ1v) is 6.39. The Balaban J connectivity index is 2.84. The zero-order valence-electron chi connectivity index (χ0n) is 10.2. The molecule has 1 rings (SSSR count). The van der Waals surface area contributed by atoms with Crippen LogP contribution >= 0.6 is 15.9 Å². The van der Waals surface area contributed by atoms with Gasteiger partial charge in [0.15, 0.2) is 0 Å². The van der Waals surface area contributed by atoms with Crippen molar-refractivity contribution in [3.63, 3.8) is 0 Å². The molecule has 0 saturated carbocycles. The van der Waals surface area contributed by atoms with Crippen molar-refractivity contribution in [2.45, 2.75) is 19.5 Å². The Labute approximate surface area is 117 Å². The third-order valence-corrected chi connectivity index (χ3v) is 2.90. The van der Waals surface area contributed by atoms with E-state index in [9.17, 15) is 18.0 Å². The number of carbonyl (C=O) groups is 1. The lowest BCUT2D eigenvalue weighted by Crippen LogP contribution is -2.20. The normalized spacial score (nSPS) is 13.2. The molecule has 0 aromatic heterocycles. The number of hydrogen-bond donors (Lipinski definition) is 2. The van der Waals surface area contributed by atoms with E-state index in [4.69, 9.17) is 5.73 Å². The molecule has 0 bridgehead atoms. The molecule has 3 nitrogen and oxygen atoms in total. The molecule has 1 atom stereocenters. The molecule has 1 amide bonds. The molecule has 0 aliphatic rings. The minimum Gasteiger partial charge on any atom is -0.330 e. The second kappa shape index (κ2) is 6.38. The fourth-order valence-electron chi connectivity index (χ4n) is 1.44. The molecule has 0 fully saturated rings. The maximum atomic E-state index is 12.6. The molecule has 0 radical (unpaired) electrons. The number of carbonyl (C=O) groups excluding carboxylic acids is 1. The lowest BCUT2D eigenvalue weighted by atomic mass is 10.1. The van der Waals surface area contributed by atoms with Crippen molar-refractivity contribution in [1.82, 2.24) is 0 Å². The average Bonchev–Trinajstić information content (AvgIpc) is 2.26. The van der Waals surface area contributed by atoms with E-state index in [0.717, 1.165) is 12.1 Å². The van der Waals surface area contributed by atoms with Gasteiger partial charge in [-0.1, -0.05) is 22.9 Å². The van der Waals surface area contributed by atoms with Crippen molar-refractivity contribution in [2.75, 3.05) is 11.9 Å². The van der Waals surface area contributed by atoms with Crippen LogP contribution in [0.15, 0.2) is 22.7 Å². The molecule has 1 aromatic carbocycles. The van der Waals surface area contributed by atoms with E-state index in [-0.39, 0.29) is 28.4 Å². The highest BCUT2D eigenvalue weighted by Gasteiger charge is 2.31. The van der Waals surface area contributed by atoms with Gasteiger partial charge in [-0.25, -0.2) is 0 Å². The lowest BCUT2D eigenvalue weighted by Gasteiger charge is -2.12. The molecule has 0 saturated heterocycles. The highest BCUT2D eigenvalue weighted by atomic mass is 79.9. The largest absolute Gasteiger partial charge is 0.416 e. The summed E-state index contributed by atoms with van der Waals surface area (Å²) < 4.78 is 38.1. The minimum absolute atomic E-state index is 0.0192. The summed E-state index contributed by atoms with van der Waals surface area (Å²) in [4.78, 5) is 11.6. The van der Waals surface area contributed by atoms with Crippen LogP contribution in [-0.2, 0) is 11.0 Å². The number of amides is 1. The number of hydrogen-bond acceptors (Lipinski definition) is 2. The molecule has 0 spiro atoms. The average molecular weight is 339 g/mol. The number of rotatable bonds is 4. The molecule has 0 heterocycles. The van der Waals surface area contributed by atoms with Crippen LogP contribution in [0.4, 0.5) is 18.9 Å². The zero-order valence-corrected chi connectivity index (χ0v) is 11.8. The fraction of sp³-hybridized carbons (Fsp3) is 0.417. The summed E-state index contributed by atoms with van der Waals surface area (Å²) in [7, 11) is 0. The van der Waals surface area contributed by atoms with E-state index in [0.29, 0.717) is 6.54 Å². The van der Waals surface area contributed by atoms with E-state index in [2.05, 4.69) is 21.2 Å². The Morgan fingerprint density at radius 2 is 2.05 bits per heavy atom. The first-order valence-electron chi connectivity index (χ1n) is 5.60. The van der Waals surface area contributed by atoms with Crippen molar-refractivity contribution >= 4 is 27.5 Å². The van der Waals surface area contributed by atoms with E-state index in [1.807, 2.05) is 0 Å². The zero-order chi connectivity index (χ0) is 14.6. The third-order valence-electron chi connectivity index (χ3n) is 2.45. The van der Waals surface area contributed by atoms with Gasteiger partial charge in [0.2, 0.25) is 5.91 Å². The first kappa shape index (κ1) is 16.0. The van der Waals surface area contributed by atoms with Gasteiger partial charge in [-0.2, -0.15) is 13.2 Å². The Hall–Kier alpha value is -1.08. The quantitative estimate of drug-likeness (QED) is 0.884. The van der Waals surface area contributed by atoms with Crippen LogP contribution in [0.5, 0.6) is 0 Å². The van der Waals surface area contributed by atoms with Gasteiger partial charge in [-0.15, -0.1) is 0 Å². The maximum absolute atomic E-state index is 12.6. The molecule has 106 valence electrons. The lowest BCUT2D eigenvalue weighted by molar-refractivity contribution is -0.137. The molecular formula is C12H14BrF3N2O. The number of nitrogens with two attached hydrogens (primary N) is 1. The predicted octanol–water partition coefficient (Wildman–Crippen LogP) is 3.39. The molecule has 0 aliphatic heterocycles. The van der Waals surface area contributed by atoms with E-state index < -0.39 is 11.7 Å². The predicted molar refractivity (Wildman–Crippen MR) is 70.6 cm³/mol. The summed E-state index contributed by atoms with van der Waals surface area (Å²) in [6.45, 7) is 2.14. The Morgan fingerprint density at radius 3 is 2.58 bits per heavy atom. The van der Waals surface area contributed by atoms with Gasteiger partial charge < -0.3 is 11.1 Å². The van der Waals surface area contributed by atoms with Crippen molar-refractivity contribution < 1.29 is 18.0 Å². The topological polar surface area (TPSA) is 55.1 Å². The van der Waals surface area contributed by atoms with Gasteiger partial charge in [-0.05, 0) is 30.7 Å². The molecule has 7 heteroatoms. The number of anilines is 1. The molecule has 0 aliphatic carbocycles. The van der Waals surface area contributed by atoms with Gasteiger partial charge in [0.1, 0.15) is 0 Å². The summed E-state index contributed by atoms with van der Waals surface area (Å²) in [5, 5.41) is 2.44. The Bertz CT molecular complexity index is 463. The van der Waals surface area contributed by atoms with Crippen LogP contribution in [-0.4, -0.2) is 12.5 Å². The Morgan fingerprint density at radius 1 is 1.42 bits per heavy atom. The molecular weight excluding hydrogens is 325 g/mol. The van der Waals surface area contributed by atoms with Crippen LogP contribution in [0.25, 0.3) is 0 Å². The van der Waals surface area contributed by atoms with Gasteiger partial charge >= 0.3 is 6.18 Å². The van der Waals surface area contributed by atoms with Crippen LogP contribution in [0.3, 0.4) is 0 Å². The monoisotopic (exact) mass is 338 g/mol. The summed E-state index contributed by atoms with van der Waals surface area (Å²) in [5.74, 6) is -0.376. The van der Waals surface area contributed by atoms with Crippen LogP contribution in [0.1, 0.15) is 18.9 Å². The summed E-state index contributed by atoms with van der Waals surface area (Å²) in [5.41, 5.74) is 4.67. The second-order valence-electron chi connectivity index (χ2n) is 4.32. The third kappa shape index (κ3) is 5.20. The number of halogens is 4. The minimum atomic E-state index is -4.45. The molecule has 3 N–H and O–H groups in total. The SMILES string of the molecule is CC(CN)CC(=O)Nc1cc(Br)cc(C(F)(F)F)c1. The van der Waals surface area contributed by atoms with Gasteiger partial charge in [-0.3, -0.25) is 4.79 Å². The van der Waals surface area contributed by atoms with Crippen LogP contribution in [0, 0.1) is 5.92 Å². The maximum Gasteiger partial charge on any atom is 0.416 e. The van der Waals surface area contributed by atoms with Crippen LogP contribution in [0.2, 0.25) is 0 Å². The van der Waals surface area contributed by atoms with Crippen molar-refractivity contribution in [2.24, 2.45) is 11.7 Å². The van der Waals surface area contributed by atoms with Gasteiger partial charge in [0.05, 0.1) is 5.56 Å². The molecule has 1 unspecified atom stereocenters. The molecule has 19 heavy (non-hydrogen) atoms. The fourth-order valence-corrected chi connectivity index (χ4v) is 1.93. The van der Waals surface area contributed by atoms with Crippen molar-refractivity contribution in [1.29, 1.82) is 0 Å². The van der Waals surface area contributed by atoms with Crippen molar-refractivity contribution in [3.05, 3.63) is 28.2 Å². The van der Waals surface area contributed by atoms with Crippen LogP contribution < -0.4 is 11.1 Å². The summed E-state index contributed by atoms with van der Waals surface area (Å²) in [6.07, 6.45) is -4.28. The number of alkyl halides is 3. The smallest absolute Gasteiger partial charge is 0.330 e. The standard InChI is InChI=1S/C12H14BrF3N2O/c1-7(6-17)2-11(19)18-10-4-8(12(14,15)16)3-9(13)5-10/h3-5,7H,2,6,17H2,1H3,(H,18,19). The second-order valence-corrected chi connectivity index (χ2v) is 5.24. The summed E-state index contributed by atoms with van der Waals surface area (Å²) in [6, 6.07) is 3.27. The highest BCUT2D eigenvalue weighted by Crippen LogP contribution is 2.33. The van der Waals surface area contributed by atoms with E-state index >= 15 is 0 Å². The van der Waals surface area contributed by atoms with Gasteiger partial charge in [0.25, 0.3) is 0 Å². The highest BCUT2D eigenvalue weighted by molar-refractivity contribution is 9.10. The van der Waals surface area contributed by atoms with E-state index in [1.54, 1.807) is 6.92 Å².